The van der Waals surface area contributed by atoms with Gasteiger partial charge >= 0.3 is 0 Å². The first-order valence-electron chi connectivity index (χ1n) is 8.60. The first-order chi connectivity index (χ1) is 12.2. The van der Waals surface area contributed by atoms with Crippen molar-refractivity contribution in [1.29, 1.82) is 0 Å². The summed E-state index contributed by atoms with van der Waals surface area (Å²) in [6, 6.07) is 13.4. The third-order valence-corrected chi connectivity index (χ3v) is 5.60. The van der Waals surface area contributed by atoms with Crippen LogP contribution in [0.2, 0.25) is 0 Å². The summed E-state index contributed by atoms with van der Waals surface area (Å²) >= 11 is 0. The van der Waals surface area contributed by atoms with Crippen molar-refractivity contribution in [2.75, 3.05) is 18.1 Å². The fourth-order valence-corrected chi connectivity index (χ4v) is 3.53. The van der Waals surface area contributed by atoms with Crippen molar-refractivity contribution in [3.8, 4) is 0 Å². The molecular formula is C20H26N2O3S. The first kappa shape index (κ1) is 20.1. The van der Waals surface area contributed by atoms with E-state index >= 15 is 0 Å². The zero-order chi connectivity index (χ0) is 19.3. The van der Waals surface area contributed by atoms with Gasteiger partial charge in [0.25, 0.3) is 0 Å². The number of hydrogen-bond acceptors (Lipinski definition) is 3. The maximum atomic E-state index is 12.5. The number of carbonyl (C=O) groups is 1. The van der Waals surface area contributed by atoms with E-state index in [-0.39, 0.29) is 19.0 Å². The molecule has 0 heterocycles. The molecule has 0 unspecified atom stereocenters. The topological polar surface area (TPSA) is 66.5 Å². The molecule has 0 aliphatic heterocycles. The molecule has 0 aliphatic carbocycles. The lowest BCUT2D eigenvalue weighted by atomic mass is 10.1. The van der Waals surface area contributed by atoms with Gasteiger partial charge in [-0.1, -0.05) is 49.4 Å². The van der Waals surface area contributed by atoms with Crippen molar-refractivity contribution >= 4 is 21.6 Å². The van der Waals surface area contributed by atoms with Crippen LogP contribution in [-0.4, -0.2) is 31.4 Å². The number of carbonyl (C=O) groups excluding carboxylic acids is 1. The van der Waals surface area contributed by atoms with E-state index in [4.69, 9.17) is 0 Å². The number of sulfonamides is 1. The van der Waals surface area contributed by atoms with Crippen molar-refractivity contribution in [3.05, 3.63) is 64.7 Å². The van der Waals surface area contributed by atoms with Crippen molar-refractivity contribution < 1.29 is 13.2 Å². The number of nitrogens with one attached hydrogen (secondary N) is 1. The Morgan fingerprint density at radius 3 is 2.23 bits per heavy atom. The van der Waals surface area contributed by atoms with Crippen LogP contribution in [0.4, 0.5) is 5.69 Å². The largest absolute Gasteiger partial charge is 0.324 e. The van der Waals surface area contributed by atoms with E-state index in [1.807, 2.05) is 63.2 Å². The van der Waals surface area contributed by atoms with E-state index in [9.17, 15) is 13.2 Å². The van der Waals surface area contributed by atoms with Crippen molar-refractivity contribution in [2.24, 2.45) is 0 Å². The highest BCUT2D eigenvalue weighted by molar-refractivity contribution is 7.88. The molecular weight excluding hydrogens is 348 g/mol. The minimum atomic E-state index is -3.52. The molecule has 0 saturated heterocycles. The Balaban J connectivity index is 2.19. The summed E-state index contributed by atoms with van der Waals surface area (Å²) in [4.78, 5) is 12.5. The Morgan fingerprint density at radius 1 is 1.00 bits per heavy atom. The lowest BCUT2D eigenvalue weighted by molar-refractivity contribution is -0.116. The van der Waals surface area contributed by atoms with E-state index in [1.165, 1.54) is 4.31 Å². The number of nitrogens with zero attached hydrogens (tertiary/aromatic N) is 1. The van der Waals surface area contributed by atoms with Crippen molar-refractivity contribution in [2.45, 2.75) is 33.7 Å². The number of aryl methyl sites for hydroxylation is 3. The summed E-state index contributed by atoms with van der Waals surface area (Å²) in [6.45, 7) is 5.83. The number of para-hydroxylation sites is 1. The molecule has 6 heteroatoms. The highest BCUT2D eigenvalue weighted by Gasteiger charge is 2.22. The Labute approximate surface area is 156 Å². The quantitative estimate of drug-likeness (QED) is 0.809. The summed E-state index contributed by atoms with van der Waals surface area (Å²) in [5.41, 5.74) is 4.64. The van der Waals surface area contributed by atoms with Crippen molar-refractivity contribution in [1.82, 2.24) is 4.31 Å². The molecule has 2 aromatic carbocycles. The zero-order valence-electron chi connectivity index (χ0n) is 15.7. The third kappa shape index (κ3) is 5.16. The number of hydrogen-bond donors (Lipinski definition) is 1. The molecule has 0 fully saturated rings. The zero-order valence-corrected chi connectivity index (χ0v) is 16.6. The van der Waals surface area contributed by atoms with Gasteiger partial charge in [-0.3, -0.25) is 4.79 Å². The second-order valence-corrected chi connectivity index (χ2v) is 8.45. The van der Waals surface area contributed by atoms with E-state index < -0.39 is 10.0 Å². The average molecular weight is 375 g/mol. The molecule has 1 amide bonds. The molecule has 0 aliphatic rings. The molecule has 0 radical (unpaired) electrons. The molecule has 2 aromatic rings. The van der Waals surface area contributed by atoms with E-state index in [2.05, 4.69) is 5.32 Å². The molecule has 0 atom stereocenters. The van der Waals surface area contributed by atoms with Gasteiger partial charge in [-0.2, -0.15) is 4.31 Å². The van der Waals surface area contributed by atoms with Crippen LogP contribution in [0.15, 0.2) is 42.5 Å². The average Bonchev–Trinajstić information content (AvgIpc) is 2.57. The fourth-order valence-electron chi connectivity index (χ4n) is 2.81. The normalized spacial score (nSPS) is 11.6. The summed E-state index contributed by atoms with van der Waals surface area (Å²) < 4.78 is 25.5. The number of anilines is 1. The van der Waals surface area contributed by atoms with Gasteiger partial charge in [0.05, 0.1) is 12.8 Å². The summed E-state index contributed by atoms with van der Waals surface area (Å²) in [5.74, 6) is -0.340. The number of rotatable bonds is 7. The van der Waals surface area contributed by atoms with E-state index in [0.717, 1.165) is 40.6 Å². The second kappa shape index (κ2) is 8.47. The van der Waals surface area contributed by atoms with E-state index in [0.29, 0.717) is 0 Å². The number of amides is 1. The Kier molecular flexibility index (Phi) is 6.56. The van der Waals surface area contributed by atoms with Crippen LogP contribution in [0.5, 0.6) is 0 Å². The number of benzene rings is 2. The van der Waals surface area contributed by atoms with Crippen LogP contribution in [0.1, 0.15) is 29.2 Å². The molecule has 2 rings (SSSR count). The monoisotopic (exact) mass is 374 g/mol. The lowest BCUT2D eigenvalue weighted by Crippen LogP contribution is -2.37. The Bertz CT molecular complexity index is 892. The second-order valence-electron chi connectivity index (χ2n) is 6.47. The summed E-state index contributed by atoms with van der Waals surface area (Å²) in [6.07, 6.45) is 1.92. The van der Waals surface area contributed by atoms with Gasteiger partial charge in [0.1, 0.15) is 0 Å². The maximum absolute atomic E-state index is 12.5. The van der Waals surface area contributed by atoms with Gasteiger partial charge in [-0.15, -0.1) is 0 Å². The first-order valence-corrected chi connectivity index (χ1v) is 10.4. The predicted octanol–water partition coefficient (Wildman–Crippen LogP) is 3.27. The van der Waals surface area contributed by atoms with Crippen molar-refractivity contribution in [3.63, 3.8) is 0 Å². The molecule has 0 spiro atoms. The van der Waals surface area contributed by atoms with Gasteiger partial charge in [0.2, 0.25) is 15.9 Å². The van der Waals surface area contributed by atoms with Gasteiger partial charge in [0.15, 0.2) is 0 Å². The lowest BCUT2D eigenvalue weighted by Gasteiger charge is -2.21. The highest BCUT2D eigenvalue weighted by Crippen LogP contribution is 2.21. The Morgan fingerprint density at radius 2 is 1.62 bits per heavy atom. The minimum Gasteiger partial charge on any atom is -0.324 e. The smallest absolute Gasteiger partial charge is 0.239 e. The fraction of sp³-hybridized carbons (Fsp3) is 0.350. The van der Waals surface area contributed by atoms with Crippen LogP contribution in [0, 0.1) is 13.8 Å². The molecule has 5 nitrogen and oxygen atoms in total. The molecule has 0 bridgehead atoms. The van der Waals surface area contributed by atoms with Gasteiger partial charge < -0.3 is 5.32 Å². The molecule has 140 valence electrons. The predicted molar refractivity (Wildman–Crippen MR) is 106 cm³/mol. The van der Waals surface area contributed by atoms with Crippen LogP contribution < -0.4 is 5.32 Å². The van der Waals surface area contributed by atoms with Crippen LogP contribution in [0.25, 0.3) is 0 Å². The minimum absolute atomic E-state index is 0.174. The third-order valence-electron chi connectivity index (χ3n) is 4.40. The highest BCUT2D eigenvalue weighted by atomic mass is 32.2. The van der Waals surface area contributed by atoms with Gasteiger partial charge in [0, 0.05) is 12.2 Å². The molecule has 0 aromatic heterocycles. The van der Waals surface area contributed by atoms with Crippen LogP contribution in [-0.2, 0) is 27.8 Å². The van der Waals surface area contributed by atoms with Crippen LogP contribution in [0.3, 0.4) is 0 Å². The maximum Gasteiger partial charge on any atom is 0.239 e. The molecule has 0 saturated carbocycles. The summed E-state index contributed by atoms with van der Waals surface area (Å²) in [7, 11) is -3.52. The van der Waals surface area contributed by atoms with Gasteiger partial charge in [-0.25, -0.2) is 8.42 Å². The van der Waals surface area contributed by atoms with Gasteiger partial charge in [-0.05, 0) is 42.5 Å². The SMILES string of the molecule is CCc1cccc(C)c1NC(=O)CN(Cc1ccccc1C)S(C)(=O)=O. The molecule has 26 heavy (non-hydrogen) atoms. The van der Waals surface area contributed by atoms with E-state index in [1.54, 1.807) is 0 Å². The molecule has 1 N–H and O–H groups in total. The standard InChI is InChI=1S/C20H26N2O3S/c1-5-17-12-8-10-16(3)20(17)21-19(23)14-22(26(4,24)25)13-18-11-7-6-9-15(18)2/h6-12H,5,13-14H2,1-4H3,(H,21,23). The Hall–Kier alpha value is -2.18. The van der Waals surface area contributed by atoms with Crippen LogP contribution >= 0.6 is 0 Å². The summed E-state index contributed by atoms with van der Waals surface area (Å²) in [5, 5.41) is 2.89.